The molecule has 1 amide bonds. The van der Waals surface area contributed by atoms with Crippen LogP contribution in [0.1, 0.15) is 30.7 Å². The lowest BCUT2D eigenvalue weighted by Crippen LogP contribution is -2.34. The van der Waals surface area contributed by atoms with E-state index < -0.39 is 6.61 Å². The number of nitrogens with one attached hydrogen (secondary N) is 1. The van der Waals surface area contributed by atoms with Crippen LogP contribution < -0.4 is 10.1 Å². The first kappa shape index (κ1) is 16.8. The zero-order valence-corrected chi connectivity index (χ0v) is 14.2. The summed E-state index contributed by atoms with van der Waals surface area (Å²) in [5.74, 6) is 1.69. The quantitative estimate of drug-likeness (QED) is 0.908. The second-order valence-corrected chi connectivity index (χ2v) is 7.45. The number of fused-ring (bicyclic) bond motifs is 1. The van der Waals surface area contributed by atoms with Crippen LogP contribution in [-0.2, 0) is 4.79 Å². The van der Waals surface area contributed by atoms with Crippen molar-refractivity contribution in [2.45, 2.75) is 31.8 Å². The van der Waals surface area contributed by atoms with E-state index in [9.17, 15) is 13.6 Å². The van der Waals surface area contributed by atoms with Crippen molar-refractivity contribution in [3.63, 3.8) is 0 Å². The largest absolute Gasteiger partial charge is 0.435 e. The minimum absolute atomic E-state index is 0.00636. The molecule has 4 atom stereocenters. The molecule has 2 saturated heterocycles. The molecule has 4 nitrogen and oxygen atoms in total. The minimum atomic E-state index is -2.84. The molecule has 3 aliphatic rings. The van der Waals surface area contributed by atoms with Crippen molar-refractivity contribution in [3.05, 3.63) is 29.8 Å². The molecule has 2 aliphatic heterocycles. The number of likely N-dealkylation sites (tertiary alicyclic amines) is 1. The molecule has 1 aromatic carbocycles. The number of carbonyl (C=O) groups is 1. The second kappa shape index (κ2) is 6.90. The van der Waals surface area contributed by atoms with Crippen LogP contribution in [0.2, 0.25) is 0 Å². The normalized spacial score (nSPS) is 31.6. The van der Waals surface area contributed by atoms with Crippen LogP contribution in [-0.4, -0.2) is 43.6 Å². The van der Waals surface area contributed by atoms with Gasteiger partial charge >= 0.3 is 6.61 Å². The molecule has 1 aromatic rings. The minimum Gasteiger partial charge on any atom is -0.435 e. The molecule has 0 spiro atoms. The number of alkyl halides is 2. The van der Waals surface area contributed by atoms with E-state index in [1.165, 1.54) is 0 Å². The zero-order valence-electron chi connectivity index (χ0n) is 14.2. The summed E-state index contributed by atoms with van der Waals surface area (Å²) >= 11 is 0. The predicted octanol–water partition coefficient (Wildman–Crippen LogP) is 2.85. The third-order valence-corrected chi connectivity index (χ3v) is 5.97. The van der Waals surface area contributed by atoms with Gasteiger partial charge in [-0.2, -0.15) is 8.78 Å². The molecule has 0 bridgehead atoms. The molecule has 4 rings (SSSR count). The van der Waals surface area contributed by atoms with Crippen molar-refractivity contribution in [1.82, 2.24) is 10.2 Å². The van der Waals surface area contributed by atoms with Gasteiger partial charge in [0.2, 0.25) is 5.91 Å². The summed E-state index contributed by atoms with van der Waals surface area (Å²) in [6.07, 6.45) is 2.85. The van der Waals surface area contributed by atoms with Gasteiger partial charge in [-0.25, -0.2) is 0 Å². The third kappa shape index (κ3) is 3.50. The lowest BCUT2D eigenvalue weighted by Gasteiger charge is -2.21. The molecule has 1 N–H and O–H groups in total. The van der Waals surface area contributed by atoms with Gasteiger partial charge in [0.05, 0.1) is 0 Å². The monoisotopic (exact) mass is 350 g/mol. The number of amides is 1. The van der Waals surface area contributed by atoms with Crippen molar-refractivity contribution >= 4 is 5.91 Å². The molecule has 136 valence electrons. The van der Waals surface area contributed by atoms with E-state index >= 15 is 0 Å². The Balaban J connectivity index is 1.40. The number of hydrogen-bond donors (Lipinski definition) is 1. The average molecular weight is 350 g/mol. The highest BCUT2D eigenvalue weighted by atomic mass is 19.3. The van der Waals surface area contributed by atoms with Crippen LogP contribution in [0.5, 0.6) is 5.75 Å². The summed E-state index contributed by atoms with van der Waals surface area (Å²) in [7, 11) is 0. The van der Waals surface area contributed by atoms with Gasteiger partial charge in [0.1, 0.15) is 5.75 Å². The summed E-state index contributed by atoms with van der Waals surface area (Å²) in [6, 6.07) is 6.85. The van der Waals surface area contributed by atoms with E-state index in [1.54, 1.807) is 18.2 Å². The van der Waals surface area contributed by atoms with Crippen molar-refractivity contribution < 1.29 is 18.3 Å². The number of ether oxygens (including phenoxy) is 1. The van der Waals surface area contributed by atoms with E-state index in [4.69, 9.17) is 0 Å². The first-order chi connectivity index (χ1) is 12.1. The van der Waals surface area contributed by atoms with Crippen molar-refractivity contribution in [2.75, 3.05) is 26.2 Å². The number of halogens is 2. The van der Waals surface area contributed by atoms with Gasteiger partial charge in [-0.05, 0) is 61.7 Å². The lowest BCUT2D eigenvalue weighted by molar-refractivity contribution is -0.132. The van der Waals surface area contributed by atoms with Gasteiger partial charge in [-0.3, -0.25) is 4.79 Å². The van der Waals surface area contributed by atoms with Gasteiger partial charge in [-0.15, -0.1) is 0 Å². The Bertz CT molecular complexity index is 626. The van der Waals surface area contributed by atoms with Crippen molar-refractivity contribution in [1.29, 1.82) is 0 Å². The number of nitrogens with zero attached hydrogens (tertiary/aromatic N) is 1. The molecule has 25 heavy (non-hydrogen) atoms. The molecule has 0 aromatic heterocycles. The van der Waals surface area contributed by atoms with E-state index in [-0.39, 0.29) is 23.5 Å². The standard InChI is InChI=1S/C19H24F2N2O2/c20-19(21)25-17-4-2-1-3-14(17)15-9-16(15)18(24)23-7-5-12-10-22-11-13(12)6-8-23/h1-4,12-13,15-16,19,22H,5-11H2/t12-,13+,15?,16?. The molecule has 1 aliphatic carbocycles. The van der Waals surface area contributed by atoms with Crippen LogP contribution in [0.15, 0.2) is 24.3 Å². The van der Waals surface area contributed by atoms with Crippen molar-refractivity contribution in [3.8, 4) is 5.75 Å². The molecule has 6 heteroatoms. The SMILES string of the molecule is O=C(C1CC1c1ccccc1OC(F)F)N1CC[C@@H]2CNC[C@@H]2CC1. The average Bonchev–Trinajstić information content (AvgIpc) is 3.31. The first-order valence-electron chi connectivity index (χ1n) is 9.16. The Labute approximate surface area is 146 Å². The number of benzene rings is 1. The molecular weight excluding hydrogens is 326 g/mol. The molecule has 2 unspecified atom stereocenters. The first-order valence-corrected chi connectivity index (χ1v) is 9.16. The van der Waals surface area contributed by atoms with Crippen LogP contribution in [0, 0.1) is 17.8 Å². The number of rotatable bonds is 4. The maximum Gasteiger partial charge on any atom is 0.387 e. The lowest BCUT2D eigenvalue weighted by atomic mass is 9.92. The fourth-order valence-electron chi connectivity index (χ4n) is 4.47. The molecule has 0 radical (unpaired) electrons. The van der Waals surface area contributed by atoms with Crippen LogP contribution in [0.3, 0.4) is 0 Å². The Kier molecular flexibility index (Phi) is 4.63. The summed E-state index contributed by atoms with van der Waals surface area (Å²) < 4.78 is 29.8. The molecule has 3 fully saturated rings. The predicted molar refractivity (Wildman–Crippen MR) is 89.6 cm³/mol. The Morgan fingerprint density at radius 1 is 1.16 bits per heavy atom. The van der Waals surface area contributed by atoms with Crippen molar-refractivity contribution in [2.24, 2.45) is 17.8 Å². The highest BCUT2D eigenvalue weighted by Crippen LogP contribution is 2.51. The van der Waals surface area contributed by atoms with Crippen LogP contribution in [0.4, 0.5) is 8.78 Å². The van der Waals surface area contributed by atoms with E-state index in [0.29, 0.717) is 11.8 Å². The fourth-order valence-corrected chi connectivity index (χ4v) is 4.47. The van der Waals surface area contributed by atoms with Gasteiger partial charge in [0, 0.05) is 19.0 Å². The van der Waals surface area contributed by atoms with E-state index in [0.717, 1.165) is 51.0 Å². The molecule has 2 heterocycles. The topological polar surface area (TPSA) is 41.6 Å². The number of para-hydroxylation sites is 1. The Hall–Kier alpha value is -1.69. The summed E-state index contributed by atoms with van der Waals surface area (Å²) in [6.45, 7) is 0.932. The van der Waals surface area contributed by atoms with Gasteiger partial charge in [0.25, 0.3) is 0 Å². The summed E-state index contributed by atoms with van der Waals surface area (Å²) in [4.78, 5) is 14.9. The fraction of sp³-hybridized carbons (Fsp3) is 0.632. The highest BCUT2D eigenvalue weighted by Gasteiger charge is 2.47. The summed E-state index contributed by atoms with van der Waals surface area (Å²) in [5.41, 5.74) is 0.733. The zero-order chi connectivity index (χ0) is 17.4. The maximum atomic E-state index is 12.9. The number of hydrogen-bond acceptors (Lipinski definition) is 3. The molecule has 1 saturated carbocycles. The van der Waals surface area contributed by atoms with Crippen LogP contribution >= 0.6 is 0 Å². The molecular formula is C19H24F2N2O2. The Morgan fingerprint density at radius 2 is 1.84 bits per heavy atom. The second-order valence-electron chi connectivity index (χ2n) is 7.45. The van der Waals surface area contributed by atoms with Gasteiger partial charge in [-0.1, -0.05) is 18.2 Å². The van der Waals surface area contributed by atoms with Gasteiger partial charge < -0.3 is 15.0 Å². The maximum absolute atomic E-state index is 12.9. The smallest absolute Gasteiger partial charge is 0.387 e. The highest BCUT2D eigenvalue weighted by molar-refractivity contribution is 5.83. The third-order valence-electron chi connectivity index (χ3n) is 5.97. The summed E-state index contributed by atoms with van der Waals surface area (Å²) in [5, 5.41) is 3.44. The van der Waals surface area contributed by atoms with E-state index in [1.807, 2.05) is 11.0 Å². The van der Waals surface area contributed by atoms with Crippen LogP contribution in [0.25, 0.3) is 0 Å². The van der Waals surface area contributed by atoms with E-state index in [2.05, 4.69) is 10.1 Å². The number of carbonyl (C=O) groups excluding carboxylic acids is 1. The Morgan fingerprint density at radius 3 is 2.52 bits per heavy atom. The van der Waals surface area contributed by atoms with Gasteiger partial charge in [0.15, 0.2) is 0 Å².